The van der Waals surface area contributed by atoms with Crippen molar-refractivity contribution in [2.75, 3.05) is 13.0 Å². The highest BCUT2D eigenvalue weighted by Crippen LogP contribution is 2.26. The number of halogens is 1. The number of carbonyl (C=O) groups is 1. The van der Waals surface area contributed by atoms with E-state index in [0.29, 0.717) is 11.3 Å². The minimum absolute atomic E-state index is 0.0570. The van der Waals surface area contributed by atoms with Crippen LogP contribution < -0.4 is 4.74 Å². The van der Waals surface area contributed by atoms with Crippen molar-refractivity contribution in [1.82, 2.24) is 0 Å². The largest absolute Gasteiger partial charge is 0.504 e. The topological polar surface area (TPSA) is 46.5 Å². The van der Waals surface area contributed by atoms with Crippen LogP contribution in [0.25, 0.3) is 0 Å². The SMILES string of the molecule is COc1ccc(C(=O)CCl)cc1O. The van der Waals surface area contributed by atoms with Crippen LogP contribution in [0.1, 0.15) is 10.4 Å². The Balaban J connectivity index is 3.02. The van der Waals surface area contributed by atoms with Gasteiger partial charge in [0.1, 0.15) is 0 Å². The molecule has 0 aromatic heterocycles. The van der Waals surface area contributed by atoms with Crippen LogP contribution in [-0.4, -0.2) is 23.9 Å². The molecular formula is C9H9ClO3. The summed E-state index contributed by atoms with van der Waals surface area (Å²) in [5, 5.41) is 9.32. The molecule has 0 unspecified atom stereocenters. The normalized spacial score (nSPS) is 9.69. The molecule has 0 aliphatic carbocycles. The number of phenolic OH excluding ortho intramolecular Hbond substituents is 1. The van der Waals surface area contributed by atoms with Crippen molar-refractivity contribution in [2.45, 2.75) is 0 Å². The third-order valence-electron chi connectivity index (χ3n) is 1.62. The van der Waals surface area contributed by atoms with Crippen molar-refractivity contribution in [3.8, 4) is 11.5 Å². The Labute approximate surface area is 80.9 Å². The number of aromatic hydroxyl groups is 1. The predicted octanol–water partition coefficient (Wildman–Crippen LogP) is 1.82. The lowest BCUT2D eigenvalue weighted by atomic mass is 10.1. The molecule has 0 heterocycles. The first-order valence-electron chi connectivity index (χ1n) is 3.65. The summed E-state index contributed by atoms with van der Waals surface area (Å²) < 4.78 is 4.82. The maximum atomic E-state index is 11.1. The van der Waals surface area contributed by atoms with Gasteiger partial charge in [0.05, 0.1) is 13.0 Å². The quantitative estimate of drug-likeness (QED) is 0.598. The Morgan fingerprint density at radius 3 is 2.77 bits per heavy atom. The number of hydrogen-bond acceptors (Lipinski definition) is 3. The molecule has 13 heavy (non-hydrogen) atoms. The van der Waals surface area contributed by atoms with Gasteiger partial charge in [-0.2, -0.15) is 0 Å². The van der Waals surface area contributed by atoms with Gasteiger partial charge < -0.3 is 9.84 Å². The van der Waals surface area contributed by atoms with Crippen molar-refractivity contribution in [3.63, 3.8) is 0 Å². The lowest BCUT2D eigenvalue weighted by Gasteiger charge is -2.03. The Hall–Kier alpha value is -1.22. The Morgan fingerprint density at radius 2 is 2.31 bits per heavy atom. The molecular weight excluding hydrogens is 192 g/mol. The summed E-state index contributed by atoms with van der Waals surface area (Å²) >= 11 is 5.35. The summed E-state index contributed by atoms with van der Waals surface area (Å²) in [5.74, 6) is -0.0320. The van der Waals surface area contributed by atoms with Gasteiger partial charge in [-0.15, -0.1) is 11.6 Å². The number of rotatable bonds is 3. The highest BCUT2D eigenvalue weighted by molar-refractivity contribution is 6.30. The second kappa shape index (κ2) is 4.14. The molecule has 70 valence electrons. The van der Waals surface area contributed by atoms with Gasteiger partial charge in [-0.25, -0.2) is 0 Å². The molecule has 0 saturated heterocycles. The fourth-order valence-electron chi connectivity index (χ4n) is 0.941. The monoisotopic (exact) mass is 200 g/mol. The Morgan fingerprint density at radius 1 is 1.62 bits per heavy atom. The molecule has 1 aromatic carbocycles. The summed E-state index contributed by atoms with van der Waals surface area (Å²) in [6.07, 6.45) is 0. The van der Waals surface area contributed by atoms with Gasteiger partial charge in [-0.3, -0.25) is 4.79 Å². The summed E-state index contributed by atoms with van der Waals surface area (Å²) in [6, 6.07) is 4.42. The standard InChI is InChI=1S/C9H9ClO3/c1-13-9-3-2-6(4-7(9)11)8(12)5-10/h2-4,11H,5H2,1H3. The van der Waals surface area contributed by atoms with Crippen molar-refractivity contribution >= 4 is 17.4 Å². The number of methoxy groups -OCH3 is 1. The van der Waals surface area contributed by atoms with Crippen LogP contribution in [0.2, 0.25) is 0 Å². The Bertz CT molecular complexity index is 323. The van der Waals surface area contributed by atoms with Gasteiger partial charge >= 0.3 is 0 Å². The Kier molecular flexibility index (Phi) is 3.14. The fourth-order valence-corrected chi connectivity index (χ4v) is 1.09. The van der Waals surface area contributed by atoms with Gasteiger partial charge in [-0.05, 0) is 18.2 Å². The van der Waals surface area contributed by atoms with Crippen LogP contribution in [0.4, 0.5) is 0 Å². The van der Waals surface area contributed by atoms with Crippen molar-refractivity contribution in [2.24, 2.45) is 0 Å². The molecule has 0 aliphatic heterocycles. The van der Waals surface area contributed by atoms with Crippen LogP contribution in [0.3, 0.4) is 0 Å². The van der Waals surface area contributed by atoms with E-state index in [1.54, 1.807) is 6.07 Å². The molecule has 0 fully saturated rings. The van der Waals surface area contributed by atoms with Crippen LogP contribution >= 0.6 is 11.6 Å². The lowest BCUT2D eigenvalue weighted by molar-refractivity contribution is 0.102. The van der Waals surface area contributed by atoms with Gasteiger partial charge in [0.25, 0.3) is 0 Å². The summed E-state index contributed by atoms with van der Waals surface area (Å²) in [7, 11) is 1.44. The highest BCUT2D eigenvalue weighted by atomic mass is 35.5. The van der Waals surface area contributed by atoms with E-state index in [2.05, 4.69) is 0 Å². The van der Waals surface area contributed by atoms with Crippen molar-refractivity contribution in [3.05, 3.63) is 23.8 Å². The van der Waals surface area contributed by atoms with E-state index in [4.69, 9.17) is 16.3 Å². The average molecular weight is 201 g/mol. The van der Waals surface area contributed by atoms with Gasteiger partial charge in [-0.1, -0.05) is 0 Å². The molecule has 0 bridgehead atoms. The third-order valence-corrected chi connectivity index (χ3v) is 1.86. The number of carbonyl (C=O) groups excluding carboxylic acids is 1. The molecule has 1 aromatic rings. The average Bonchev–Trinajstić information content (AvgIpc) is 2.16. The zero-order valence-electron chi connectivity index (χ0n) is 7.08. The van der Waals surface area contributed by atoms with Crippen molar-refractivity contribution < 1.29 is 14.6 Å². The number of benzene rings is 1. The van der Waals surface area contributed by atoms with Gasteiger partial charge in [0, 0.05) is 5.56 Å². The van der Waals surface area contributed by atoms with Gasteiger partial charge in [0.15, 0.2) is 17.3 Å². The molecule has 0 radical (unpaired) electrons. The first-order chi connectivity index (χ1) is 6.19. The first kappa shape index (κ1) is 9.86. The number of Topliss-reactive ketones (excluding diaryl/α,β-unsaturated/α-hetero) is 1. The molecule has 0 aliphatic rings. The predicted molar refractivity (Wildman–Crippen MR) is 49.7 cm³/mol. The summed E-state index contributed by atoms with van der Waals surface area (Å²) in [5.41, 5.74) is 0.383. The number of ether oxygens (including phenoxy) is 1. The lowest BCUT2D eigenvalue weighted by Crippen LogP contribution is -1.99. The smallest absolute Gasteiger partial charge is 0.177 e. The van der Waals surface area contributed by atoms with Gasteiger partial charge in [0.2, 0.25) is 0 Å². The van der Waals surface area contributed by atoms with E-state index in [-0.39, 0.29) is 17.4 Å². The fraction of sp³-hybridized carbons (Fsp3) is 0.222. The van der Waals surface area contributed by atoms with Crippen LogP contribution in [0, 0.1) is 0 Å². The molecule has 3 nitrogen and oxygen atoms in total. The first-order valence-corrected chi connectivity index (χ1v) is 4.18. The summed E-state index contributed by atoms with van der Waals surface area (Å²) in [4.78, 5) is 11.1. The van der Waals surface area contributed by atoms with E-state index >= 15 is 0 Å². The molecule has 4 heteroatoms. The van der Waals surface area contributed by atoms with E-state index in [0.717, 1.165) is 0 Å². The van der Waals surface area contributed by atoms with Crippen molar-refractivity contribution in [1.29, 1.82) is 0 Å². The highest BCUT2D eigenvalue weighted by Gasteiger charge is 2.07. The number of hydrogen-bond donors (Lipinski definition) is 1. The second-order valence-electron chi connectivity index (χ2n) is 2.44. The van der Waals surface area contributed by atoms with E-state index in [1.807, 2.05) is 0 Å². The second-order valence-corrected chi connectivity index (χ2v) is 2.71. The number of phenols is 1. The van der Waals surface area contributed by atoms with E-state index in [1.165, 1.54) is 19.2 Å². The maximum Gasteiger partial charge on any atom is 0.177 e. The molecule has 0 atom stereocenters. The molecule has 1 N–H and O–H groups in total. The molecule has 0 amide bonds. The maximum absolute atomic E-state index is 11.1. The van der Waals surface area contributed by atoms with Crippen LogP contribution in [0.5, 0.6) is 11.5 Å². The molecule has 0 spiro atoms. The number of alkyl halides is 1. The number of ketones is 1. The zero-order valence-corrected chi connectivity index (χ0v) is 7.84. The third kappa shape index (κ3) is 2.12. The van der Waals surface area contributed by atoms with Crippen LogP contribution in [-0.2, 0) is 0 Å². The van der Waals surface area contributed by atoms with Crippen LogP contribution in [0.15, 0.2) is 18.2 Å². The minimum atomic E-state index is -0.223. The summed E-state index contributed by atoms with van der Waals surface area (Å²) in [6.45, 7) is 0. The molecule has 1 rings (SSSR count). The van der Waals surface area contributed by atoms with E-state index in [9.17, 15) is 9.90 Å². The van der Waals surface area contributed by atoms with E-state index < -0.39 is 0 Å². The molecule has 0 saturated carbocycles. The zero-order chi connectivity index (χ0) is 9.84. The minimum Gasteiger partial charge on any atom is -0.504 e.